The maximum Gasteiger partial charge on any atom is 0.229 e. The highest BCUT2D eigenvalue weighted by molar-refractivity contribution is 7.83. The summed E-state index contributed by atoms with van der Waals surface area (Å²) in [7, 11) is -1.08. The number of aryl methyl sites for hydroxylation is 2. The van der Waals surface area contributed by atoms with Crippen molar-refractivity contribution in [3.63, 3.8) is 0 Å². The number of rotatable bonds is 4. The van der Waals surface area contributed by atoms with Crippen LogP contribution in [-0.2, 0) is 27.7 Å². The van der Waals surface area contributed by atoms with Gasteiger partial charge in [-0.15, -0.1) is 21.5 Å². The summed E-state index contributed by atoms with van der Waals surface area (Å²) >= 11 is 1.59. The van der Waals surface area contributed by atoms with Crippen LogP contribution in [0.1, 0.15) is 48.1 Å². The normalized spacial score (nSPS) is 13.7. The number of thiazole rings is 1. The van der Waals surface area contributed by atoms with Crippen LogP contribution in [0.15, 0.2) is 4.42 Å². The van der Waals surface area contributed by atoms with Crippen molar-refractivity contribution in [2.45, 2.75) is 51.5 Å². The topological polar surface area (TPSA) is 68.9 Å². The minimum Gasteiger partial charge on any atom is -0.424 e. The van der Waals surface area contributed by atoms with Crippen LogP contribution in [0.3, 0.4) is 0 Å². The van der Waals surface area contributed by atoms with Crippen molar-refractivity contribution < 1.29 is 8.63 Å². The maximum atomic E-state index is 12.1. The van der Waals surface area contributed by atoms with E-state index in [-0.39, 0.29) is 11.2 Å². The Labute approximate surface area is 125 Å². The summed E-state index contributed by atoms with van der Waals surface area (Å²) in [5.41, 5.74) is 0.825. The minimum atomic E-state index is -1.08. The molecule has 0 N–H and O–H groups in total. The summed E-state index contributed by atoms with van der Waals surface area (Å²) in [5.74, 6) is 1.72. The van der Waals surface area contributed by atoms with Gasteiger partial charge in [0.05, 0.1) is 11.4 Å². The van der Waals surface area contributed by atoms with E-state index < -0.39 is 10.8 Å². The Morgan fingerprint density at radius 3 is 2.40 bits per heavy atom. The van der Waals surface area contributed by atoms with Gasteiger partial charge in [0.25, 0.3) is 0 Å². The standard InChI is InChI=1S/C13H19N3O2S2/c1-8-9(2)19-11(14-8)7-20(17)6-10-15-16-12(18-10)13(3,4)5/h6-7H2,1-5H3. The molecule has 0 aliphatic rings. The lowest BCUT2D eigenvalue weighted by Gasteiger charge is -2.10. The molecule has 110 valence electrons. The van der Waals surface area contributed by atoms with Crippen LogP contribution in [0.4, 0.5) is 0 Å². The molecular formula is C13H19N3O2S2. The van der Waals surface area contributed by atoms with E-state index in [1.54, 1.807) is 11.3 Å². The number of hydrogen-bond acceptors (Lipinski definition) is 6. The van der Waals surface area contributed by atoms with E-state index in [0.29, 0.717) is 17.5 Å². The fourth-order valence-corrected chi connectivity index (χ4v) is 3.74. The molecule has 0 aliphatic heterocycles. The monoisotopic (exact) mass is 313 g/mol. The summed E-state index contributed by atoms with van der Waals surface area (Å²) in [4.78, 5) is 5.57. The van der Waals surface area contributed by atoms with E-state index in [1.165, 1.54) is 4.88 Å². The fraction of sp³-hybridized carbons (Fsp3) is 0.615. The summed E-state index contributed by atoms with van der Waals surface area (Å²) in [6.07, 6.45) is 0. The van der Waals surface area contributed by atoms with Crippen LogP contribution < -0.4 is 0 Å². The molecule has 2 heterocycles. The molecule has 0 radical (unpaired) electrons. The molecule has 1 unspecified atom stereocenters. The Bertz CT molecular complexity index is 606. The number of hydrogen-bond donors (Lipinski definition) is 0. The summed E-state index contributed by atoms with van der Waals surface area (Å²) in [6.45, 7) is 9.99. The SMILES string of the molecule is Cc1nc(CS(=O)Cc2nnc(C(C)(C)C)o2)sc1C. The van der Waals surface area contributed by atoms with Gasteiger partial charge in [0.15, 0.2) is 0 Å². The molecule has 20 heavy (non-hydrogen) atoms. The third-order valence-corrected chi connectivity index (χ3v) is 5.17. The molecule has 2 aromatic heterocycles. The first-order chi connectivity index (χ1) is 9.25. The smallest absolute Gasteiger partial charge is 0.229 e. The van der Waals surface area contributed by atoms with Crippen LogP contribution in [0.5, 0.6) is 0 Å². The van der Waals surface area contributed by atoms with Crippen molar-refractivity contribution in [3.05, 3.63) is 27.4 Å². The lowest BCUT2D eigenvalue weighted by molar-refractivity contribution is 0.378. The molecule has 5 nitrogen and oxygen atoms in total. The van der Waals surface area contributed by atoms with E-state index in [1.807, 2.05) is 34.6 Å². The van der Waals surface area contributed by atoms with Crippen LogP contribution in [0.2, 0.25) is 0 Å². The predicted molar refractivity (Wildman–Crippen MR) is 80.1 cm³/mol. The highest BCUT2D eigenvalue weighted by atomic mass is 32.2. The second-order valence-electron chi connectivity index (χ2n) is 5.73. The third-order valence-electron chi connectivity index (χ3n) is 2.75. The van der Waals surface area contributed by atoms with Crippen LogP contribution in [0, 0.1) is 13.8 Å². The Hall–Kier alpha value is -1.08. The van der Waals surface area contributed by atoms with Gasteiger partial charge in [0, 0.05) is 21.1 Å². The van der Waals surface area contributed by atoms with Gasteiger partial charge >= 0.3 is 0 Å². The molecule has 7 heteroatoms. The largest absolute Gasteiger partial charge is 0.424 e. The Balaban J connectivity index is 1.99. The van der Waals surface area contributed by atoms with E-state index in [9.17, 15) is 4.21 Å². The van der Waals surface area contributed by atoms with E-state index >= 15 is 0 Å². The van der Waals surface area contributed by atoms with Crippen molar-refractivity contribution >= 4 is 22.1 Å². The quantitative estimate of drug-likeness (QED) is 0.868. The van der Waals surface area contributed by atoms with Gasteiger partial charge in [0.1, 0.15) is 10.8 Å². The second kappa shape index (κ2) is 5.73. The average Bonchev–Trinajstić information content (AvgIpc) is 2.86. The van der Waals surface area contributed by atoms with Gasteiger partial charge in [-0.3, -0.25) is 4.21 Å². The molecule has 0 amide bonds. The van der Waals surface area contributed by atoms with E-state index in [0.717, 1.165) is 10.7 Å². The van der Waals surface area contributed by atoms with Gasteiger partial charge in [-0.1, -0.05) is 20.8 Å². The zero-order chi connectivity index (χ0) is 14.9. The Morgan fingerprint density at radius 1 is 1.20 bits per heavy atom. The highest BCUT2D eigenvalue weighted by Gasteiger charge is 2.22. The lowest BCUT2D eigenvalue weighted by Crippen LogP contribution is -2.11. The molecule has 0 saturated heterocycles. The summed E-state index contributed by atoms with van der Waals surface area (Å²) < 4.78 is 17.7. The zero-order valence-corrected chi connectivity index (χ0v) is 14.0. The van der Waals surface area contributed by atoms with Crippen LogP contribution in [0.25, 0.3) is 0 Å². The first-order valence-corrected chi connectivity index (χ1v) is 8.67. The number of nitrogens with zero attached hydrogens (tertiary/aromatic N) is 3. The van der Waals surface area contributed by atoms with E-state index in [4.69, 9.17) is 4.42 Å². The lowest BCUT2D eigenvalue weighted by atomic mass is 9.97. The molecule has 0 spiro atoms. The summed E-state index contributed by atoms with van der Waals surface area (Å²) in [6, 6.07) is 0. The minimum absolute atomic E-state index is 0.184. The van der Waals surface area contributed by atoms with Gasteiger partial charge in [-0.05, 0) is 13.8 Å². The molecule has 2 rings (SSSR count). The number of aromatic nitrogens is 3. The molecule has 0 bridgehead atoms. The van der Waals surface area contributed by atoms with Gasteiger partial charge in [0.2, 0.25) is 11.8 Å². The molecule has 0 aliphatic carbocycles. The molecule has 0 saturated carbocycles. The van der Waals surface area contributed by atoms with Crippen molar-refractivity contribution in [1.82, 2.24) is 15.2 Å². The predicted octanol–water partition coefficient (Wildman–Crippen LogP) is 2.89. The molecular weight excluding hydrogens is 294 g/mol. The van der Waals surface area contributed by atoms with Crippen molar-refractivity contribution in [2.24, 2.45) is 0 Å². The van der Waals surface area contributed by atoms with Crippen LogP contribution >= 0.6 is 11.3 Å². The second-order valence-corrected chi connectivity index (χ2v) is 8.47. The molecule has 1 atom stereocenters. The fourth-order valence-electron chi connectivity index (χ4n) is 1.54. The van der Waals surface area contributed by atoms with Crippen molar-refractivity contribution in [1.29, 1.82) is 0 Å². The third kappa shape index (κ3) is 3.73. The van der Waals surface area contributed by atoms with Gasteiger partial charge < -0.3 is 4.42 Å². The zero-order valence-electron chi connectivity index (χ0n) is 12.4. The van der Waals surface area contributed by atoms with Crippen LogP contribution in [-0.4, -0.2) is 19.4 Å². The van der Waals surface area contributed by atoms with Gasteiger partial charge in [-0.25, -0.2) is 4.98 Å². The van der Waals surface area contributed by atoms with Crippen molar-refractivity contribution in [2.75, 3.05) is 0 Å². The van der Waals surface area contributed by atoms with E-state index in [2.05, 4.69) is 15.2 Å². The first kappa shape index (κ1) is 15.3. The molecule has 0 fully saturated rings. The Morgan fingerprint density at radius 2 is 1.90 bits per heavy atom. The van der Waals surface area contributed by atoms with Crippen molar-refractivity contribution in [3.8, 4) is 0 Å². The average molecular weight is 313 g/mol. The maximum absolute atomic E-state index is 12.1. The molecule has 2 aromatic rings. The highest BCUT2D eigenvalue weighted by Crippen LogP contribution is 2.22. The summed E-state index contributed by atoms with van der Waals surface area (Å²) in [5, 5.41) is 8.86. The van der Waals surface area contributed by atoms with Gasteiger partial charge in [-0.2, -0.15) is 0 Å². The molecule has 0 aromatic carbocycles. The first-order valence-electron chi connectivity index (χ1n) is 6.36. The Kier molecular flexibility index (Phi) is 4.39.